The molecule has 0 N–H and O–H groups in total. The van der Waals surface area contributed by atoms with Crippen LogP contribution in [0.4, 0.5) is 0 Å². The fraction of sp³-hybridized carbons (Fsp3) is 0.318. The molecule has 0 saturated carbocycles. The fourth-order valence-electron chi connectivity index (χ4n) is 3.63. The van der Waals surface area contributed by atoms with Gasteiger partial charge in [0.05, 0.1) is 32.8 Å². The highest BCUT2D eigenvalue weighted by Gasteiger charge is 2.32. The minimum absolute atomic E-state index is 0.00921. The number of para-hydroxylation sites is 1. The summed E-state index contributed by atoms with van der Waals surface area (Å²) in [6, 6.07) is 12.7. The number of likely N-dealkylation sites (tertiary alicyclic amines) is 1. The molecule has 8 heteroatoms. The van der Waals surface area contributed by atoms with E-state index < -0.39 is 0 Å². The van der Waals surface area contributed by atoms with Crippen LogP contribution in [0.5, 0.6) is 17.2 Å². The molecule has 1 aromatic heterocycles. The van der Waals surface area contributed by atoms with Crippen LogP contribution in [0, 0.1) is 0 Å². The first kappa shape index (κ1) is 19.8. The van der Waals surface area contributed by atoms with Gasteiger partial charge in [-0.3, -0.25) is 4.79 Å². The molecule has 1 unspecified atom stereocenters. The van der Waals surface area contributed by atoms with Crippen LogP contribution in [0.2, 0.25) is 0 Å². The number of aromatic nitrogens is 2. The van der Waals surface area contributed by atoms with E-state index in [1.54, 1.807) is 44.4 Å². The molecule has 3 aromatic rings. The third kappa shape index (κ3) is 3.68. The Morgan fingerprint density at radius 1 is 1.00 bits per heavy atom. The number of amides is 1. The molecule has 1 atom stereocenters. The van der Waals surface area contributed by atoms with E-state index >= 15 is 0 Å². The molecule has 0 bridgehead atoms. The summed E-state index contributed by atoms with van der Waals surface area (Å²) in [5.41, 5.74) is 1.29. The maximum absolute atomic E-state index is 12.9. The molecule has 4 rings (SSSR count). The third-order valence-electron chi connectivity index (χ3n) is 5.23. The predicted molar refractivity (Wildman–Crippen MR) is 109 cm³/mol. The van der Waals surface area contributed by atoms with E-state index in [0.717, 1.165) is 12.0 Å². The van der Waals surface area contributed by atoms with Crippen molar-refractivity contribution in [1.29, 1.82) is 0 Å². The lowest BCUT2D eigenvalue weighted by atomic mass is 10.1. The zero-order valence-corrected chi connectivity index (χ0v) is 17.1. The molecule has 0 radical (unpaired) electrons. The molecule has 8 nitrogen and oxygen atoms in total. The van der Waals surface area contributed by atoms with Crippen LogP contribution in [0.25, 0.3) is 11.5 Å². The Morgan fingerprint density at radius 3 is 2.53 bits per heavy atom. The molecule has 1 aliphatic rings. The molecular formula is C22H23N3O5. The number of nitrogens with zero attached hydrogens (tertiary/aromatic N) is 3. The van der Waals surface area contributed by atoms with Crippen molar-refractivity contribution in [1.82, 2.24) is 15.1 Å². The highest BCUT2D eigenvalue weighted by molar-refractivity contribution is 5.95. The topological polar surface area (TPSA) is 86.9 Å². The summed E-state index contributed by atoms with van der Waals surface area (Å²) < 4.78 is 21.8. The van der Waals surface area contributed by atoms with E-state index in [-0.39, 0.29) is 11.8 Å². The van der Waals surface area contributed by atoms with Gasteiger partial charge in [-0.15, -0.1) is 10.2 Å². The van der Waals surface area contributed by atoms with Gasteiger partial charge in [0.2, 0.25) is 5.89 Å². The number of ether oxygens (including phenoxy) is 3. The van der Waals surface area contributed by atoms with E-state index in [1.165, 1.54) is 0 Å². The number of hydrogen-bond donors (Lipinski definition) is 0. The van der Waals surface area contributed by atoms with Crippen LogP contribution in [0.1, 0.15) is 28.6 Å². The Kier molecular flexibility index (Phi) is 5.56. The second-order valence-electron chi connectivity index (χ2n) is 6.95. The highest BCUT2D eigenvalue weighted by Crippen LogP contribution is 2.33. The lowest BCUT2D eigenvalue weighted by molar-refractivity contribution is 0.0789. The van der Waals surface area contributed by atoms with Crippen molar-refractivity contribution < 1.29 is 23.4 Å². The van der Waals surface area contributed by atoms with E-state index in [1.807, 2.05) is 24.3 Å². The Hall–Kier alpha value is -3.55. The van der Waals surface area contributed by atoms with E-state index in [0.29, 0.717) is 47.7 Å². The predicted octanol–water partition coefficient (Wildman–Crippen LogP) is 3.39. The van der Waals surface area contributed by atoms with Gasteiger partial charge in [-0.1, -0.05) is 12.1 Å². The summed E-state index contributed by atoms with van der Waals surface area (Å²) in [5, 5.41) is 8.40. The van der Waals surface area contributed by atoms with Crippen LogP contribution in [0.3, 0.4) is 0 Å². The summed E-state index contributed by atoms with van der Waals surface area (Å²) in [5.74, 6) is 2.64. The standard InChI is InChI=1S/C22H23N3O5/c1-27-17-7-5-4-6-16(17)21-24-23-20(30-21)15-10-11-25(13-15)22(26)14-8-9-18(28-2)19(12-14)29-3/h4-9,12,15H,10-11,13H2,1-3H3. The van der Waals surface area contributed by atoms with E-state index in [9.17, 15) is 4.79 Å². The fourth-order valence-corrected chi connectivity index (χ4v) is 3.63. The summed E-state index contributed by atoms with van der Waals surface area (Å²) in [7, 11) is 4.71. The first-order valence-electron chi connectivity index (χ1n) is 9.62. The molecule has 0 aliphatic carbocycles. The van der Waals surface area contributed by atoms with Gasteiger partial charge in [-0.05, 0) is 36.8 Å². The van der Waals surface area contributed by atoms with E-state index in [4.69, 9.17) is 18.6 Å². The van der Waals surface area contributed by atoms with Gasteiger partial charge >= 0.3 is 0 Å². The van der Waals surface area contributed by atoms with Gasteiger partial charge in [0, 0.05) is 18.7 Å². The Balaban J connectivity index is 1.49. The lowest BCUT2D eigenvalue weighted by Gasteiger charge is -2.17. The Morgan fingerprint density at radius 2 is 1.77 bits per heavy atom. The lowest BCUT2D eigenvalue weighted by Crippen LogP contribution is -2.28. The summed E-state index contributed by atoms with van der Waals surface area (Å²) in [6.07, 6.45) is 0.757. The largest absolute Gasteiger partial charge is 0.496 e. The zero-order chi connectivity index (χ0) is 21.1. The maximum Gasteiger partial charge on any atom is 0.254 e. The van der Waals surface area contributed by atoms with Crippen molar-refractivity contribution in [2.24, 2.45) is 0 Å². The Bertz CT molecular complexity index is 1050. The van der Waals surface area contributed by atoms with Crippen LogP contribution in [-0.4, -0.2) is 55.4 Å². The molecule has 30 heavy (non-hydrogen) atoms. The zero-order valence-electron chi connectivity index (χ0n) is 17.1. The summed E-state index contributed by atoms with van der Waals surface area (Å²) >= 11 is 0. The van der Waals surface area contributed by atoms with Crippen LogP contribution in [-0.2, 0) is 0 Å². The maximum atomic E-state index is 12.9. The van der Waals surface area contributed by atoms with Crippen molar-refractivity contribution in [2.75, 3.05) is 34.4 Å². The van der Waals surface area contributed by atoms with Crippen molar-refractivity contribution in [3.05, 3.63) is 53.9 Å². The molecule has 0 spiro atoms. The minimum Gasteiger partial charge on any atom is -0.496 e. The second kappa shape index (κ2) is 8.44. The first-order chi connectivity index (χ1) is 14.6. The van der Waals surface area contributed by atoms with Crippen molar-refractivity contribution in [3.63, 3.8) is 0 Å². The molecule has 2 aromatic carbocycles. The average Bonchev–Trinajstić information content (AvgIpc) is 3.48. The van der Waals surface area contributed by atoms with Crippen molar-refractivity contribution in [2.45, 2.75) is 12.3 Å². The molecular weight excluding hydrogens is 386 g/mol. The quantitative estimate of drug-likeness (QED) is 0.617. The SMILES string of the molecule is COc1ccc(C(=O)N2CCC(c3nnc(-c4ccccc4OC)o3)C2)cc1OC. The number of hydrogen-bond acceptors (Lipinski definition) is 7. The minimum atomic E-state index is -0.0667. The molecule has 1 fully saturated rings. The number of carbonyl (C=O) groups excluding carboxylic acids is 1. The number of benzene rings is 2. The number of rotatable bonds is 6. The van der Waals surface area contributed by atoms with Gasteiger partial charge in [0.25, 0.3) is 11.8 Å². The Labute approximate surface area is 174 Å². The third-order valence-corrected chi connectivity index (χ3v) is 5.23. The molecule has 1 amide bonds. The van der Waals surface area contributed by atoms with Crippen LogP contribution in [0.15, 0.2) is 46.9 Å². The number of carbonyl (C=O) groups is 1. The second-order valence-corrected chi connectivity index (χ2v) is 6.95. The van der Waals surface area contributed by atoms with Crippen molar-refractivity contribution >= 4 is 5.91 Å². The van der Waals surface area contributed by atoms with Gasteiger partial charge in [-0.2, -0.15) is 0 Å². The summed E-state index contributed by atoms with van der Waals surface area (Å²) in [6.45, 7) is 1.13. The summed E-state index contributed by atoms with van der Waals surface area (Å²) in [4.78, 5) is 14.7. The molecule has 1 saturated heterocycles. The number of methoxy groups -OCH3 is 3. The normalized spacial score (nSPS) is 15.8. The van der Waals surface area contributed by atoms with Crippen molar-refractivity contribution in [3.8, 4) is 28.7 Å². The average molecular weight is 409 g/mol. The molecule has 156 valence electrons. The van der Waals surface area contributed by atoms with Gasteiger partial charge in [-0.25, -0.2) is 0 Å². The van der Waals surface area contributed by atoms with Gasteiger partial charge in [0.15, 0.2) is 11.5 Å². The van der Waals surface area contributed by atoms with Gasteiger partial charge < -0.3 is 23.5 Å². The highest BCUT2D eigenvalue weighted by atomic mass is 16.5. The monoisotopic (exact) mass is 409 g/mol. The van der Waals surface area contributed by atoms with E-state index in [2.05, 4.69) is 10.2 Å². The first-order valence-corrected chi connectivity index (χ1v) is 9.62. The smallest absolute Gasteiger partial charge is 0.254 e. The molecule has 1 aliphatic heterocycles. The molecule has 2 heterocycles. The van der Waals surface area contributed by atoms with Gasteiger partial charge in [0.1, 0.15) is 5.75 Å². The van der Waals surface area contributed by atoms with Crippen LogP contribution < -0.4 is 14.2 Å². The van der Waals surface area contributed by atoms with Crippen LogP contribution >= 0.6 is 0 Å².